The van der Waals surface area contributed by atoms with Gasteiger partial charge >= 0.3 is 0 Å². The molecule has 1 aromatic carbocycles. The first-order valence-electron chi connectivity index (χ1n) is 4.21. The minimum atomic E-state index is 0.521. The van der Waals surface area contributed by atoms with Gasteiger partial charge < -0.3 is 4.74 Å². The molecule has 1 heterocycles. The number of benzene rings is 1. The molecule has 2 atom stereocenters. The van der Waals surface area contributed by atoms with Crippen molar-refractivity contribution in [2.45, 2.75) is 24.9 Å². The first-order chi connectivity index (χ1) is 5.45. The van der Waals surface area contributed by atoms with E-state index in [-0.39, 0.29) is 0 Å². The van der Waals surface area contributed by atoms with Crippen LogP contribution in [0.25, 0.3) is 0 Å². The number of ether oxygens (including phenoxy) is 1. The lowest BCUT2D eigenvalue weighted by atomic mass is 9.79. The molecule has 11 heavy (non-hydrogen) atoms. The van der Waals surface area contributed by atoms with Gasteiger partial charge in [-0.05, 0) is 18.9 Å². The highest BCUT2D eigenvalue weighted by Gasteiger charge is 2.40. The third-order valence-electron chi connectivity index (χ3n) is 2.81. The summed E-state index contributed by atoms with van der Waals surface area (Å²) in [6.45, 7) is 0. The summed E-state index contributed by atoms with van der Waals surface area (Å²) in [4.78, 5) is 0. The first kappa shape index (κ1) is 5.64. The zero-order valence-electron chi connectivity index (χ0n) is 6.29. The van der Waals surface area contributed by atoms with Crippen molar-refractivity contribution >= 4 is 0 Å². The van der Waals surface area contributed by atoms with E-state index >= 15 is 0 Å². The molecule has 1 aliphatic heterocycles. The highest BCUT2D eigenvalue weighted by atomic mass is 16.5. The summed E-state index contributed by atoms with van der Waals surface area (Å²) in [6.07, 6.45) is 3.09. The van der Waals surface area contributed by atoms with Crippen molar-refractivity contribution in [1.82, 2.24) is 0 Å². The number of hydrogen-bond acceptors (Lipinski definition) is 1. The van der Waals surface area contributed by atoms with Crippen LogP contribution in [0.4, 0.5) is 0 Å². The van der Waals surface area contributed by atoms with Gasteiger partial charge in [0.1, 0.15) is 11.9 Å². The zero-order valence-corrected chi connectivity index (χ0v) is 6.29. The largest absolute Gasteiger partial charge is 0.489 e. The van der Waals surface area contributed by atoms with Crippen LogP contribution >= 0.6 is 0 Å². The van der Waals surface area contributed by atoms with E-state index in [2.05, 4.69) is 18.2 Å². The Morgan fingerprint density at radius 1 is 1.18 bits per heavy atom. The van der Waals surface area contributed by atoms with Gasteiger partial charge in [-0.2, -0.15) is 0 Å². The van der Waals surface area contributed by atoms with E-state index in [1.165, 1.54) is 18.4 Å². The SMILES string of the molecule is c1ccc2c(c1)OC1CC[C@H]21. The van der Waals surface area contributed by atoms with Gasteiger partial charge in [-0.1, -0.05) is 18.2 Å². The molecule has 1 saturated carbocycles. The normalized spacial score (nSPS) is 31.6. The quantitative estimate of drug-likeness (QED) is 0.545. The van der Waals surface area contributed by atoms with E-state index in [4.69, 9.17) is 4.74 Å². The minimum Gasteiger partial charge on any atom is -0.489 e. The Labute approximate surface area is 66.0 Å². The Morgan fingerprint density at radius 3 is 2.91 bits per heavy atom. The average Bonchev–Trinajstić information content (AvgIpc) is 2.23. The molecule has 1 heteroatoms. The molecular weight excluding hydrogens is 136 g/mol. The second kappa shape index (κ2) is 1.79. The van der Waals surface area contributed by atoms with Crippen LogP contribution in [0.1, 0.15) is 24.3 Å². The van der Waals surface area contributed by atoms with Crippen molar-refractivity contribution in [2.75, 3.05) is 0 Å². The van der Waals surface area contributed by atoms with Gasteiger partial charge in [0, 0.05) is 11.5 Å². The predicted molar refractivity (Wildman–Crippen MR) is 42.8 cm³/mol. The summed E-state index contributed by atoms with van der Waals surface area (Å²) < 4.78 is 5.71. The maximum absolute atomic E-state index is 5.71. The number of para-hydroxylation sites is 1. The fourth-order valence-corrected chi connectivity index (χ4v) is 2.02. The van der Waals surface area contributed by atoms with Crippen molar-refractivity contribution < 1.29 is 4.74 Å². The van der Waals surface area contributed by atoms with Crippen LogP contribution in [0.2, 0.25) is 0 Å². The van der Waals surface area contributed by atoms with Gasteiger partial charge in [-0.15, -0.1) is 0 Å². The Bertz CT molecular complexity index is 293. The molecule has 1 aliphatic carbocycles. The Kier molecular flexibility index (Phi) is 0.916. The molecular formula is C10H10O. The zero-order chi connectivity index (χ0) is 7.26. The van der Waals surface area contributed by atoms with Gasteiger partial charge in [-0.25, -0.2) is 0 Å². The summed E-state index contributed by atoms with van der Waals surface area (Å²) in [7, 11) is 0. The van der Waals surface area contributed by atoms with Crippen LogP contribution in [0.15, 0.2) is 24.3 Å². The van der Waals surface area contributed by atoms with Crippen LogP contribution in [0.3, 0.4) is 0 Å². The predicted octanol–water partition coefficient (Wildman–Crippen LogP) is 2.33. The third-order valence-corrected chi connectivity index (χ3v) is 2.81. The molecule has 0 radical (unpaired) electrons. The van der Waals surface area contributed by atoms with Gasteiger partial charge in [0.05, 0.1) is 0 Å². The third kappa shape index (κ3) is 0.609. The molecule has 0 N–H and O–H groups in total. The number of hydrogen-bond donors (Lipinski definition) is 0. The number of rotatable bonds is 0. The minimum absolute atomic E-state index is 0.521. The van der Waals surface area contributed by atoms with Gasteiger partial charge in [0.2, 0.25) is 0 Å². The standard InChI is InChI=1S/C10H10O/c1-2-4-9-7(3-1)8-5-6-10(8)11-9/h1-4,8,10H,5-6H2/t8-,10?/m1/s1. The van der Waals surface area contributed by atoms with Crippen molar-refractivity contribution in [1.29, 1.82) is 0 Å². The Balaban J connectivity index is 2.14. The van der Waals surface area contributed by atoms with E-state index in [1.54, 1.807) is 0 Å². The summed E-state index contributed by atoms with van der Waals surface area (Å²) in [5.74, 6) is 1.85. The van der Waals surface area contributed by atoms with Crippen LogP contribution in [-0.4, -0.2) is 6.10 Å². The Hall–Kier alpha value is -0.980. The maximum atomic E-state index is 5.71. The average molecular weight is 146 g/mol. The van der Waals surface area contributed by atoms with Crippen LogP contribution in [0, 0.1) is 0 Å². The molecule has 1 fully saturated rings. The van der Waals surface area contributed by atoms with Crippen molar-refractivity contribution in [3.05, 3.63) is 29.8 Å². The number of fused-ring (bicyclic) bond motifs is 3. The highest BCUT2D eigenvalue weighted by molar-refractivity contribution is 5.42. The summed E-state index contributed by atoms with van der Waals surface area (Å²) in [5.41, 5.74) is 1.43. The van der Waals surface area contributed by atoms with E-state index in [0.29, 0.717) is 6.10 Å². The van der Waals surface area contributed by atoms with Crippen molar-refractivity contribution in [3.8, 4) is 5.75 Å². The first-order valence-corrected chi connectivity index (χ1v) is 4.21. The van der Waals surface area contributed by atoms with Crippen molar-refractivity contribution in [2.24, 2.45) is 0 Å². The smallest absolute Gasteiger partial charge is 0.123 e. The lowest BCUT2D eigenvalue weighted by Gasteiger charge is -2.28. The van der Waals surface area contributed by atoms with E-state index in [1.807, 2.05) is 6.07 Å². The topological polar surface area (TPSA) is 9.23 Å². The highest BCUT2D eigenvalue weighted by Crippen LogP contribution is 2.48. The molecule has 3 rings (SSSR count). The second-order valence-electron chi connectivity index (χ2n) is 3.38. The van der Waals surface area contributed by atoms with E-state index in [0.717, 1.165) is 11.7 Å². The molecule has 1 unspecified atom stereocenters. The van der Waals surface area contributed by atoms with Crippen LogP contribution in [0.5, 0.6) is 5.75 Å². The monoisotopic (exact) mass is 146 g/mol. The summed E-state index contributed by atoms with van der Waals surface area (Å²) in [6, 6.07) is 8.42. The molecule has 0 saturated heterocycles. The molecule has 0 aromatic heterocycles. The van der Waals surface area contributed by atoms with Gasteiger partial charge in [-0.3, -0.25) is 0 Å². The molecule has 1 nitrogen and oxygen atoms in total. The van der Waals surface area contributed by atoms with Crippen LogP contribution < -0.4 is 4.74 Å². The fourth-order valence-electron chi connectivity index (χ4n) is 2.02. The lowest BCUT2D eigenvalue weighted by Crippen LogP contribution is -2.28. The van der Waals surface area contributed by atoms with Gasteiger partial charge in [0.25, 0.3) is 0 Å². The molecule has 2 aliphatic rings. The molecule has 56 valence electrons. The van der Waals surface area contributed by atoms with Gasteiger partial charge in [0.15, 0.2) is 0 Å². The molecule has 0 spiro atoms. The summed E-state index contributed by atoms with van der Waals surface area (Å²) in [5, 5.41) is 0. The molecule has 1 aromatic rings. The molecule has 0 amide bonds. The van der Waals surface area contributed by atoms with Crippen LogP contribution in [-0.2, 0) is 0 Å². The maximum Gasteiger partial charge on any atom is 0.123 e. The van der Waals surface area contributed by atoms with Crippen molar-refractivity contribution in [3.63, 3.8) is 0 Å². The lowest BCUT2D eigenvalue weighted by molar-refractivity contribution is 0.126. The summed E-state index contributed by atoms with van der Waals surface area (Å²) >= 11 is 0. The van der Waals surface area contributed by atoms with E-state index in [9.17, 15) is 0 Å². The fraction of sp³-hybridized carbons (Fsp3) is 0.400. The Morgan fingerprint density at radius 2 is 2.09 bits per heavy atom. The molecule has 0 bridgehead atoms. The van der Waals surface area contributed by atoms with E-state index < -0.39 is 0 Å². The second-order valence-corrected chi connectivity index (χ2v) is 3.38.